The summed E-state index contributed by atoms with van der Waals surface area (Å²) in [4.78, 5) is 10.8. The second kappa shape index (κ2) is 16.0. The highest BCUT2D eigenvalue weighted by Crippen LogP contribution is 2.11. The smallest absolute Gasteiger partial charge is 0.330 e. The maximum Gasteiger partial charge on any atom is 0.330 e. The molecule has 20 heavy (non-hydrogen) atoms. The van der Waals surface area contributed by atoms with Gasteiger partial charge in [-0.2, -0.15) is 0 Å². The molecule has 2 heteroatoms. The zero-order chi connectivity index (χ0) is 14.9. The Labute approximate surface area is 125 Å². The van der Waals surface area contributed by atoms with Gasteiger partial charge in [0, 0.05) is 6.08 Å². The van der Waals surface area contributed by atoms with Crippen LogP contribution in [0.15, 0.2) is 24.8 Å². The van der Waals surface area contributed by atoms with E-state index in [2.05, 4.69) is 19.6 Å². The molecule has 0 aromatic heterocycles. The third-order valence-corrected chi connectivity index (χ3v) is 3.38. The Hall–Kier alpha value is -1.05. The van der Waals surface area contributed by atoms with E-state index in [0.717, 1.165) is 6.42 Å². The molecule has 0 radical (unpaired) electrons. The third kappa shape index (κ3) is 15.0. The lowest BCUT2D eigenvalue weighted by molar-refractivity contribution is -0.136. The van der Waals surface area contributed by atoms with Crippen LogP contribution in [0.4, 0.5) is 0 Å². The molecule has 0 fully saturated rings. The van der Waals surface area contributed by atoms with E-state index in [1.807, 2.05) is 6.08 Å². The summed E-state index contributed by atoms with van der Waals surface area (Å²) in [5, 5.41) is 0. The lowest BCUT2D eigenvalue weighted by atomic mass is 10.1. The molecule has 0 heterocycles. The van der Waals surface area contributed by atoms with Crippen molar-refractivity contribution in [3.63, 3.8) is 0 Å². The van der Waals surface area contributed by atoms with Crippen LogP contribution in [0.3, 0.4) is 0 Å². The largest absolute Gasteiger partial charge is 0.458 e. The van der Waals surface area contributed by atoms with Crippen molar-refractivity contribution in [2.45, 2.75) is 77.6 Å². The maximum atomic E-state index is 10.8. The summed E-state index contributed by atoms with van der Waals surface area (Å²) in [5.41, 5.74) is 0. The van der Waals surface area contributed by atoms with Gasteiger partial charge in [0.25, 0.3) is 0 Å². The number of esters is 1. The second-order valence-corrected chi connectivity index (χ2v) is 5.28. The first kappa shape index (κ1) is 18.9. The minimum atomic E-state index is -0.353. The molecule has 0 aromatic carbocycles. The third-order valence-electron chi connectivity index (χ3n) is 3.38. The van der Waals surface area contributed by atoms with Crippen LogP contribution in [-0.4, -0.2) is 12.6 Å². The van der Waals surface area contributed by atoms with Gasteiger partial charge in [0.1, 0.15) is 6.61 Å². The summed E-state index contributed by atoms with van der Waals surface area (Å²) in [5.74, 6) is -0.353. The van der Waals surface area contributed by atoms with E-state index in [9.17, 15) is 4.79 Å². The van der Waals surface area contributed by atoms with Crippen molar-refractivity contribution in [2.75, 3.05) is 6.61 Å². The van der Waals surface area contributed by atoms with Crippen LogP contribution in [0.1, 0.15) is 77.6 Å². The highest BCUT2D eigenvalue weighted by atomic mass is 16.5. The highest BCUT2D eigenvalue weighted by molar-refractivity contribution is 5.81. The normalized spacial score (nSPS) is 10.8. The van der Waals surface area contributed by atoms with Crippen molar-refractivity contribution in [2.24, 2.45) is 0 Å². The van der Waals surface area contributed by atoms with Gasteiger partial charge in [0.2, 0.25) is 0 Å². The van der Waals surface area contributed by atoms with E-state index in [4.69, 9.17) is 4.74 Å². The number of ether oxygens (including phenoxy) is 1. The molecule has 0 rings (SSSR count). The molecule has 2 nitrogen and oxygen atoms in total. The van der Waals surface area contributed by atoms with Crippen LogP contribution in [0.2, 0.25) is 0 Å². The number of carbonyl (C=O) groups excluding carboxylic acids is 1. The molecule has 0 saturated carbocycles. The van der Waals surface area contributed by atoms with Crippen molar-refractivity contribution in [1.29, 1.82) is 0 Å². The van der Waals surface area contributed by atoms with Gasteiger partial charge in [-0.3, -0.25) is 0 Å². The molecule has 0 unspecified atom stereocenters. The van der Waals surface area contributed by atoms with Crippen molar-refractivity contribution in [3.8, 4) is 0 Å². The summed E-state index contributed by atoms with van der Waals surface area (Å²) < 4.78 is 4.85. The van der Waals surface area contributed by atoms with Crippen LogP contribution in [0.5, 0.6) is 0 Å². The fourth-order valence-electron chi connectivity index (χ4n) is 2.12. The fourth-order valence-corrected chi connectivity index (χ4v) is 2.12. The maximum absolute atomic E-state index is 10.8. The van der Waals surface area contributed by atoms with Crippen LogP contribution in [-0.2, 0) is 9.53 Å². The van der Waals surface area contributed by atoms with Gasteiger partial charge >= 0.3 is 5.97 Å². The van der Waals surface area contributed by atoms with E-state index >= 15 is 0 Å². The summed E-state index contributed by atoms with van der Waals surface area (Å²) in [6.07, 6.45) is 19.9. The number of rotatable bonds is 14. The second-order valence-electron chi connectivity index (χ2n) is 5.28. The van der Waals surface area contributed by atoms with Gasteiger partial charge in [-0.1, -0.05) is 83.4 Å². The number of carbonyl (C=O) groups is 1. The Balaban J connectivity index is 3.11. The SMILES string of the molecule is C=CC(=O)OC/C=C/CCCCCCCCCCCC. The van der Waals surface area contributed by atoms with Crippen molar-refractivity contribution in [3.05, 3.63) is 24.8 Å². The Kier molecular flexibility index (Phi) is 15.2. The van der Waals surface area contributed by atoms with Crippen LogP contribution in [0, 0.1) is 0 Å². The Morgan fingerprint density at radius 3 is 2.00 bits per heavy atom. The molecule has 0 bridgehead atoms. The first-order valence-electron chi connectivity index (χ1n) is 8.25. The Morgan fingerprint density at radius 2 is 1.45 bits per heavy atom. The molecule has 0 aliphatic heterocycles. The lowest BCUT2D eigenvalue weighted by Crippen LogP contribution is -1.98. The molecule has 0 saturated heterocycles. The summed E-state index contributed by atoms with van der Waals surface area (Å²) >= 11 is 0. The average Bonchev–Trinajstić information content (AvgIpc) is 2.47. The van der Waals surface area contributed by atoms with Crippen molar-refractivity contribution < 1.29 is 9.53 Å². The Bertz CT molecular complexity index is 256. The van der Waals surface area contributed by atoms with E-state index in [1.54, 1.807) is 0 Å². The zero-order valence-corrected chi connectivity index (χ0v) is 13.2. The monoisotopic (exact) mass is 280 g/mol. The molecule has 116 valence electrons. The van der Waals surface area contributed by atoms with Crippen molar-refractivity contribution in [1.82, 2.24) is 0 Å². The van der Waals surface area contributed by atoms with Gasteiger partial charge in [-0.05, 0) is 12.8 Å². The summed E-state index contributed by atoms with van der Waals surface area (Å²) in [7, 11) is 0. The number of hydrogen-bond acceptors (Lipinski definition) is 2. The van der Waals surface area contributed by atoms with Crippen LogP contribution in [0.25, 0.3) is 0 Å². The first-order chi connectivity index (χ1) is 9.81. The molecule has 0 aliphatic rings. The fraction of sp³-hybridized carbons (Fsp3) is 0.722. The molecule has 0 spiro atoms. The molecule has 0 N–H and O–H groups in total. The quantitative estimate of drug-likeness (QED) is 0.180. The van der Waals surface area contributed by atoms with Gasteiger partial charge in [-0.25, -0.2) is 4.79 Å². The number of unbranched alkanes of at least 4 members (excludes halogenated alkanes) is 10. The average molecular weight is 280 g/mol. The molecule has 0 atom stereocenters. The van der Waals surface area contributed by atoms with Gasteiger partial charge < -0.3 is 4.74 Å². The molecular formula is C18H32O2. The first-order valence-corrected chi connectivity index (χ1v) is 8.25. The molecule has 0 aliphatic carbocycles. The van der Waals surface area contributed by atoms with Gasteiger partial charge in [0.05, 0.1) is 0 Å². The minimum Gasteiger partial charge on any atom is -0.458 e. The summed E-state index contributed by atoms with van der Waals surface area (Å²) in [6, 6.07) is 0. The van der Waals surface area contributed by atoms with Gasteiger partial charge in [0.15, 0.2) is 0 Å². The van der Waals surface area contributed by atoms with Crippen molar-refractivity contribution >= 4 is 5.97 Å². The predicted octanol–water partition coefficient (Wildman–Crippen LogP) is 5.58. The van der Waals surface area contributed by atoms with Crippen LogP contribution < -0.4 is 0 Å². The molecule has 0 aromatic rings. The Morgan fingerprint density at radius 1 is 0.900 bits per heavy atom. The molecule has 0 amide bonds. The highest BCUT2D eigenvalue weighted by Gasteiger charge is 1.92. The predicted molar refractivity (Wildman–Crippen MR) is 86.8 cm³/mol. The lowest BCUT2D eigenvalue weighted by Gasteiger charge is -2.01. The van der Waals surface area contributed by atoms with E-state index in [0.29, 0.717) is 6.61 Å². The van der Waals surface area contributed by atoms with E-state index in [1.165, 1.54) is 70.3 Å². The summed E-state index contributed by atoms with van der Waals surface area (Å²) in [6.45, 7) is 5.97. The van der Waals surface area contributed by atoms with Crippen LogP contribution >= 0.6 is 0 Å². The molecular weight excluding hydrogens is 248 g/mol. The van der Waals surface area contributed by atoms with E-state index in [-0.39, 0.29) is 5.97 Å². The topological polar surface area (TPSA) is 26.3 Å². The number of hydrogen-bond donors (Lipinski definition) is 0. The standard InChI is InChI=1S/C18H32O2/c1-3-5-6-7-8-9-10-11-12-13-14-15-16-17-20-18(19)4-2/h4,15-16H,2-3,5-14,17H2,1H3/b16-15+. The number of allylic oxidation sites excluding steroid dienone is 1. The zero-order valence-electron chi connectivity index (χ0n) is 13.2. The van der Waals surface area contributed by atoms with E-state index < -0.39 is 0 Å². The van der Waals surface area contributed by atoms with Gasteiger partial charge in [-0.15, -0.1) is 0 Å². The minimum absolute atomic E-state index is 0.353.